The average Bonchev–Trinajstić information content (AvgIpc) is 2.54. The minimum atomic E-state index is -0.492. The maximum absolute atomic E-state index is 10.7. The first-order chi connectivity index (χ1) is 9.79. The Morgan fingerprint density at radius 3 is 2.90 bits per heavy atom. The van der Waals surface area contributed by atoms with Gasteiger partial charge in [-0.1, -0.05) is 24.3 Å². The fourth-order valence-corrected chi connectivity index (χ4v) is 2.96. The van der Waals surface area contributed by atoms with E-state index in [-0.39, 0.29) is 6.04 Å². The van der Waals surface area contributed by atoms with E-state index in [1.165, 1.54) is 0 Å². The van der Waals surface area contributed by atoms with Gasteiger partial charge in [0.25, 0.3) is 0 Å². The number of hydrogen-bond donors (Lipinski definition) is 2. The van der Waals surface area contributed by atoms with Gasteiger partial charge in [0, 0.05) is 24.2 Å². The number of benzene rings is 1. The Kier molecular flexibility index (Phi) is 3.81. The van der Waals surface area contributed by atoms with Crippen molar-refractivity contribution < 1.29 is 5.11 Å². The number of para-hydroxylation sites is 1. The minimum absolute atomic E-state index is 0.108. The summed E-state index contributed by atoms with van der Waals surface area (Å²) in [5.41, 5.74) is 1.90. The number of hydrogen-bond acceptors (Lipinski definition) is 3. The van der Waals surface area contributed by atoms with E-state index in [1.54, 1.807) is 6.20 Å². The molecule has 0 saturated carbocycles. The number of fused-ring (bicyclic) bond motifs is 1. The summed E-state index contributed by atoms with van der Waals surface area (Å²) in [7, 11) is 0. The molecule has 2 heterocycles. The molecule has 3 nitrogen and oxygen atoms in total. The Morgan fingerprint density at radius 2 is 2.15 bits per heavy atom. The smallest absolute Gasteiger partial charge is 0.0950 e. The van der Waals surface area contributed by atoms with Gasteiger partial charge >= 0.3 is 0 Å². The van der Waals surface area contributed by atoms with Crippen molar-refractivity contribution in [2.24, 2.45) is 5.92 Å². The first-order valence-electron chi connectivity index (χ1n) is 7.17. The topological polar surface area (TPSA) is 45.2 Å². The van der Waals surface area contributed by atoms with Crippen LogP contribution in [0.1, 0.15) is 24.5 Å². The predicted octanol–water partition coefficient (Wildman–Crippen LogP) is 2.82. The lowest BCUT2D eigenvalue weighted by Gasteiger charge is -2.32. The van der Waals surface area contributed by atoms with E-state index in [1.807, 2.05) is 36.4 Å². The molecule has 3 heteroatoms. The Balaban J connectivity index is 1.86. The molecular formula is C17H20N2O. The maximum atomic E-state index is 10.7. The molecule has 1 aromatic heterocycles. The molecule has 3 unspecified atom stereocenters. The second-order valence-electron chi connectivity index (χ2n) is 5.45. The van der Waals surface area contributed by atoms with Gasteiger partial charge in [0.1, 0.15) is 0 Å². The van der Waals surface area contributed by atoms with Gasteiger partial charge in [0.2, 0.25) is 0 Å². The minimum Gasteiger partial charge on any atom is -0.387 e. The Bertz CT molecular complexity index is 597. The molecule has 1 aliphatic heterocycles. The number of nitrogens with one attached hydrogen (secondary N) is 1. The van der Waals surface area contributed by atoms with Gasteiger partial charge < -0.3 is 10.4 Å². The van der Waals surface area contributed by atoms with Crippen molar-refractivity contribution in [2.75, 3.05) is 6.54 Å². The molecule has 2 N–H and O–H groups in total. The largest absolute Gasteiger partial charge is 0.387 e. The molecule has 3 rings (SSSR count). The normalized spacial score (nSPS) is 24.4. The van der Waals surface area contributed by atoms with Crippen LogP contribution in [0, 0.1) is 5.92 Å². The fraction of sp³-hybridized carbons (Fsp3) is 0.353. The average molecular weight is 268 g/mol. The zero-order valence-electron chi connectivity index (χ0n) is 11.5. The zero-order chi connectivity index (χ0) is 13.9. The molecule has 104 valence electrons. The summed E-state index contributed by atoms with van der Waals surface area (Å²) in [6, 6.07) is 10.00. The molecular weight excluding hydrogens is 248 g/mol. The first kappa shape index (κ1) is 13.3. The van der Waals surface area contributed by atoms with Crippen LogP contribution in [0.3, 0.4) is 0 Å². The third-order valence-electron chi connectivity index (χ3n) is 4.21. The summed E-state index contributed by atoms with van der Waals surface area (Å²) in [5, 5.41) is 15.2. The molecule has 0 amide bonds. The van der Waals surface area contributed by atoms with Crippen molar-refractivity contribution in [1.29, 1.82) is 0 Å². The molecule has 3 atom stereocenters. The second-order valence-corrected chi connectivity index (χ2v) is 5.45. The van der Waals surface area contributed by atoms with Crippen molar-refractivity contribution in [3.63, 3.8) is 0 Å². The van der Waals surface area contributed by atoms with Gasteiger partial charge in [0.15, 0.2) is 0 Å². The zero-order valence-corrected chi connectivity index (χ0v) is 11.5. The van der Waals surface area contributed by atoms with Crippen molar-refractivity contribution in [2.45, 2.75) is 25.0 Å². The first-order valence-corrected chi connectivity index (χ1v) is 7.17. The van der Waals surface area contributed by atoms with Crippen molar-refractivity contribution in [3.05, 3.63) is 54.7 Å². The lowest BCUT2D eigenvalue weighted by molar-refractivity contribution is 0.109. The summed E-state index contributed by atoms with van der Waals surface area (Å²) in [6.45, 7) is 4.74. The van der Waals surface area contributed by atoms with Gasteiger partial charge in [-0.25, -0.2) is 0 Å². The highest BCUT2D eigenvalue weighted by molar-refractivity contribution is 5.82. The third kappa shape index (κ3) is 2.47. The van der Waals surface area contributed by atoms with Crippen LogP contribution in [0.4, 0.5) is 0 Å². The molecule has 0 spiro atoms. The van der Waals surface area contributed by atoms with Crippen LogP contribution < -0.4 is 5.32 Å². The quantitative estimate of drug-likeness (QED) is 0.841. The van der Waals surface area contributed by atoms with Gasteiger partial charge in [-0.3, -0.25) is 4.98 Å². The van der Waals surface area contributed by atoms with E-state index in [2.05, 4.69) is 16.9 Å². The van der Waals surface area contributed by atoms with Crippen LogP contribution in [0.15, 0.2) is 49.2 Å². The lowest BCUT2D eigenvalue weighted by Crippen LogP contribution is -2.42. The van der Waals surface area contributed by atoms with Crippen molar-refractivity contribution in [3.8, 4) is 0 Å². The van der Waals surface area contributed by atoms with Crippen LogP contribution in [0.25, 0.3) is 10.9 Å². The molecule has 0 radical (unpaired) electrons. The van der Waals surface area contributed by atoms with Crippen LogP contribution in [-0.2, 0) is 0 Å². The van der Waals surface area contributed by atoms with E-state index < -0.39 is 6.10 Å². The van der Waals surface area contributed by atoms with Crippen LogP contribution >= 0.6 is 0 Å². The van der Waals surface area contributed by atoms with Crippen LogP contribution in [-0.4, -0.2) is 22.7 Å². The van der Waals surface area contributed by atoms with Crippen molar-refractivity contribution >= 4 is 10.9 Å². The number of piperidine rings is 1. The van der Waals surface area contributed by atoms with Crippen LogP contribution in [0.5, 0.6) is 0 Å². The van der Waals surface area contributed by atoms with E-state index in [9.17, 15) is 5.11 Å². The van der Waals surface area contributed by atoms with Gasteiger partial charge in [0.05, 0.1) is 11.6 Å². The highest BCUT2D eigenvalue weighted by Crippen LogP contribution is 2.29. The summed E-state index contributed by atoms with van der Waals surface area (Å²) < 4.78 is 0. The summed E-state index contributed by atoms with van der Waals surface area (Å²) >= 11 is 0. The van der Waals surface area contributed by atoms with Gasteiger partial charge in [-0.15, -0.1) is 6.58 Å². The Hall–Kier alpha value is -1.71. The van der Waals surface area contributed by atoms with E-state index >= 15 is 0 Å². The summed E-state index contributed by atoms with van der Waals surface area (Å²) in [5.74, 6) is 0.521. The molecule has 1 fully saturated rings. The van der Waals surface area contributed by atoms with Crippen molar-refractivity contribution in [1.82, 2.24) is 10.3 Å². The highest BCUT2D eigenvalue weighted by Gasteiger charge is 2.26. The van der Waals surface area contributed by atoms with Gasteiger partial charge in [-0.2, -0.15) is 0 Å². The fourth-order valence-electron chi connectivity index (χ4n) is 2.96. The molecule has 1 aliphatic rings. The maximum Gasteiger partial charge on any atom is 0.0950 e. The number of aliphatic hydroxyl groups is 1. The molecule has 0 aliphatic carbocycles. The van der Waals surface area contributed by atoms with E-state index in [0.717, 1.165) is 35.9 Å². The number of aromatic nitrogens is 1. The van der Waals surface area contributed by atoms with E-state index in [4.69, 9.17) is 0 Å². The molecule has 0 bridgehead atoms. The molecule has 1 saturated heterocycles. The number of aliphatic hydroxyl groups excluding tert-OH is 1. The molecule has 1 aromatic carbocycles. The summed E-state index contributed by atoms with van der Waals surface area (Å²) in [4.78, 5) is 4.35. The Labute approximate surface area is 119 Å². The third-order valence-corrected chi connectivity index (χ3v) is 4.21. The number of nitrogens with zero attached hydrogens (tertiary/aromatic N) is 1. The number of pyridine rings is 1. The SMILES string of the molecule is C=CC1CCC(C(O)c2ccnc3ccccc23)NC1. The molecule has 20 heavy (non-hydrogen) atoms. The van der Waals surface area contributed by atoms with E-state index in [0.29, 0.717) is 5.92 Å². The standard InChI is InChI=1S/C17H20N2O/c1-2-12-7-8-16(19-11-12)17(20)14-9-10-18-15-6-4-3-5-13(14)15/h2-6,9-10,12,16-17,19-20H,1,7-8,11H2. The Morgan fingerprint density at radius 1 is 1.30 bits per heavy atom. The second kappa shape index (κ2) is 5.73. The monoisotopic (exact) mass is 268 g/mol. The predicted molar refractivity (Wildman–Crippen MR) is 81.4 cm³/mol. The number of rotatable bonds is 3. The molecule has 2 aromatic rings. The highest BCUT2D eigenvalue weighted by atomic mass is 16.3. The van der Waals surface area contributed by atoms with Gasteiger partial charge in [-0.05, 0) is 36.5 Å². The summed E-state index contributed by atoms with van der Waals surface area (Å²) in [6.07, 6.45) is 5.33. The lowest BCUT2D eigenvalue weighted by atomic mass is 9.89. The van der Waals surface area contributed by atoms with Crippen LogP contribution in [0.2, 0.25) is 0 Å².